The van der Waals surface area contributed by atoms with Gasteiger partial charge in [0.1, 0.15) is 11.3 Å². The van der Waals surface area contributed by atoms with Gasteiger partial charge in [0.2, 0.25) is 11.9 Å². The summed E-state index contributed by atoms with van der Waals surface area (Å²) in [7, 11) is 2.14. The minimum absolute atomic E-state index is 0.0323. The topological polar surface area (TPSA) is 76.2 Å². The van der Waals surface area contributed by atoms with E-state index in [1.165, 1.54) is 0 Å². The zero-order valence-electron chi connectivity index (χ0n) is 19.4. The molecule has 1 saturated carbocycles. The number of alkyl halides is 2. The molecule has 2 aliphatic rings. The standard InChI is InChI=1S/C24H28F2N8/c1-15-28-20-4-3-19(30-22(20)33(15)14-16-12-32(2)13-16)18-7-10-34-21(18)11-27-23(31-34)29-17-5-8-24(25,26)9-6-17/h3-4,7,10-11,16-17H,5-6,8-9,12-14H2,1-2H3,(H,29,31). The van der Waals surface area contributed by atoms with Gasteiger partial charge < -0.3 is 14.8 Å². The smallest absolute Gasteiger partial charge is 0.248 e. The number of imidazole rings is 1. The Morgan fingerprint density at radius 1 is 1.12 bits per heavy atom. The molecule has 0 unspecified atom stereocenters. The SMILES string of the molecule is Cc1nc2ccc(-c3ccn4nc(NC5CCC(F)(F)CC5)ncc34)nc2n1CC1CN(C)C1. The number of nitrogens with zero attached hydrogens (tertiary/aromatic N) is 7. The first-order valence-electron chi connectivity index (χ1n) is 11.9. The number of anilines is 1. The highest BCUT2D eigenvalue weighted by Crippen LogP contribution is 2.34. The lowest BCUT2D eigenvalue weighted by atomic mass is 9.92. The molecule has 0 amide bonds. The monoisotopic (exact) mass is 466 g/mol. The number of aryl methyl sites for hydroxylation is 1. The molecule has 4 aromatic rings. The number of rotatable bonds is 5. The fraction of sp³-hybridized carbons (Fsp3) is 0.500. The van der Waals surface area contributed by atoms with Crippen molar-refractivity contribution in [2.75, 3.05) is 25.5 Å². The Balaban J connectivity index is 1.26. The van der Waals surface area contributed by atoms with Gasteiger partial charge in [-0.2, -0.15) is 0 Å². The summed E-state index contributed by atoms with van der Waals surface area (Å²) in [5.74, 6) is -0.492. The van der Waals surface area contributed by atoms with Crippen molar-refractivity contribution in [3.05, 3.63) is 36.4 Å². The van der Waals surface area contributed by atoms with Crippen LogP contribution >= 0.6 is 0 Å². The highest BCUT2D eigenvalue weighted by Gasteiger charge is 2.35. The molecule has 1 aliphatic carbocycles. The second-order valence-electron chi connectivity index (χ2n) is 9.81. The number of hydrogen-bond acceptors (Lipinski definition) is 6. The van der Waals surface area contributed by atoms with E-state index in [1.54, 1.807) is 10.7 Å². The zero-order chi connectivity index (χ0) is 23.4. The quantitative estimate of drug-likeness (QED) is 0.479. The van der Waals surface area contributed by atoms with Gasteiger partial charge in [-0.3, -0.25) is 0 Å². The molecule has 1 N–H and O–H groups in total. The summed E-state index contributed by atoms with van der Waals surface area (Å²) in [5.41, 5.74) is 4.44. The molecule has 1 aliphatic heterocycles. The van der Waals surface area contributed by atoms with Crippen LogP contribution in [0, 0.1) is 12.8 Å². The number of pyridine rings is 1. The van der Waals surface area contributed by atoms with Gasteiger partial charge in [-0.05, 0) is 45.0 Å². The van der Waals surface area contributed by atoms with Crippen molar-refractivity contribution in [2.45, 2.75) is 51.1 Å². The molecular weight excluding hydrogens is 438 g/mol. The van der Waals surface area contributed by atoms with Crippen molar-refractivity contribution < 1.29 is 8.78 Å². The minimum atomic E-state index is -2.55. The maximum atomic E-state index is 13.4. The Bertz CT molecular complexity index is 1340. The van der Waals surface area contributed by atoms with Gasteiger partial charge in [0, 0.05) is 56.2 Å². The molecule has 10 heteroatoms. The Labute approximate surface area is 196 Å². The van der Waals surface area contributed by atoms with Crippen molar-refractivity contribution in [1.29, 1.82) is 0 Å². The number of nitrogens with one attached hydrogen (secondary N) is 1. The van der Waals surface area contributed by atoms with Gasteiger partial charge in [-0.1, -0.05) is 0 Å². The second kappa shape index (κ2) is 7.97. The van der Waals surface area contributed by atoms with E-state index in [2.05, 4.69) is 31.9 Å². The van der Waals surface area contributed by atoms with E-state index in [-0.39, 0.29) is 18.9 Å². The van der Waals surface area contributed by atoms with Crippen LogP contribution in [0.15, 0.2) is 30.6 Å². The van der Waals surface area contributed by atoms with Gasteiger partial charge in [0.25, 0.3) is 0 Å². The average Bonchev–Trinajstić information content (AvgIpc) is 3.34. The first-order valence-corrected chi connectivity index (χ1v) is 11.9. The Kier molecular flexibility index (Phi) is 5.02. The molecule has 0 atom stereocenters. The van der Waals surface area contributed by atoms with Crippen LogP contribution in [-0.2, 0) is 6.54 Å². The summed E-state index contributed by atoms with van der Waals surface area (Å²) in [6.45, 7) is 5.15. The number of fused-ring (bicyclic) bond motifs is 2. The van der Waals surface area contributed by atoms with Crippen LogP contribution < -0.4 is 5.32 Å². The third kappa shape index (κ3) is 3.89. The average molecular weight is 467 g/mol. The number of hydrogen-bond donors (Lipinski definition) is 1. The van der Waals surface area contributed by atoms with Crippen LogP contribution in [-0.4, -0.2) is 66.1 Å². The largest absolute Gasteiger partial charge is 0.350 e. The van der Waals surface area contributed by atoms with Gasteiger partial charge >= 0.3 is 0 Å². The number of aromatic nitrogens is 6. The Hall–Kier alpha value is -3.14. The van der Waals surface area contributed by atoms with Crippen LogP contribution in [0.5, 0.6) is 0 Å². The lowest BCUT2D eigenvalue weighted by Gasteiger charge is -2.36. The first kappa shape index (κ1) is 21.4. The highest BCUT2D eigenvalue weighted by molar-refractivity contribution is 5.82. The summed E-state index contributed by atoms with van der Waals surface area (Å²) in [5, 5.41) is 7.78. The fourth-order valence-electron chi connectivity index (χ4n) is 5.24. The molecule has 0 spiro atoms. The summed E-state index contributed by atoms with van der Waals surface area (Å²) in [4.78, 5) is 16.5. The third-order valence-corrected chi connectivity index (χ3v) is 7.11. The normalized spacial score (nSPS) is 19.6. The van der Waals surface area contributed by atoms with Gasteiger partial charge in [0.15, 0.2) is 5.65 Å². The summed E-state index contributed by atoms with van der Waals surface area (Å²) >= 11 is 0. The minimum Gasteiger partial charge on any atom is -0.350 e. The molecule has 1 saturated heterocycles. The number of halogens is 2. The van der Waals surface area contributed by atoms with Crippen LogP contribution in [0.1, 0.15) is 31.5 Å². The second-order valence-corrected chi connectivity index (χ2v) is 9.81. The molecule has 34 heavy (non-hydrogen) atoms. The van der Waals surface area contributed by atoms with E-state index in [0.717, 1.165) is 53.4 Å². The molecule has 2 fully saturated rings. The predicted octanol–water partition coefficient (Wildman–Crippen LogP) is 4.00. The first-order chi connectivity index (χ1) is 16.3. The maximum Gasteiger partial charge on any atom is 0.248 e. The van der Waals surface area contributed by atoms with E-state index in [4.69, 9.17) is 9.97 Å². The van der Waals surface area contributed by atoms with Crippen LogP contribution in [0.4, 0.5) is 14.7 Å². The number of likely N-dealkylation sites (tertiary alicyclic amines) is 1. The summed E-state index contributed by atoms with van der Waals surface area (Å²) in [6.07, 6.45) is 4.29. The predicted molar refractivity (Wildman–Crippen MR) is 126 cm³/mol. The van der Waals surface area contributed by atoms with Crippen molar-refractivity contribution in [1.82, 2.24) is 34.0 Å². The van der Waals surface area contributed by atoms with E-state index >= 15 is 0 Å². The molecule has 8 nitrogen and oxygen atoms in total. The molecule has 0 bridgehead atoms. The van der Waals surface area contributed by atoms with E-state index < -0.39 is 5.92 Å². The lowest BCUT2D eigenvalue weighted by molar-refractivity contribution is -0.0361. The molecule has 0 aromatic carbocycles. The van der Waals surface area contributed by atoms with Crippen LogP contribution in [0.3, 0.4) is 0 Å². The summed E-state index contributed by atoms with van der Waals surface area (Å²) in [6, 6.07) is 5.96. The van der Waals surface area contributed by atoms with Gasteiger partial charge in [0.05, 0.1) is 17.4 Å². The van der Waals surface area contributed by atoms with Gasteiger partial charge in [-0.25, -0.2) is 28.2 Å². The molecular formula is C24H28F2N8. The highest BCUT2D eigenvalue weighted by atomic mass is 19.3. The molecule has 5 heterocycles. The van der Waals surface area contributed by atoms with E-state index in [9.17, 15) is 8.78 Å². The van der Waals surface area contributed by atoms with Crippen molar-refractivity contribution in [3.63, 3.8) is 0 Å². The zero-order valence-corrected chi connectivity index (χ0v) is 19.4. The third-order valence-electron chi connectivity index (χ3n) is 7.11. The Morgan fingerprint density at radius 2 is 1.91 bits per heavy atom. The Morgan fingerprint density at radius 3 is 2.68 bits per heavy atom. The van der Waals surface area contributed by atoms with Crippen molar-refractivity contribution in [3.8, 4) is 11.3 Å². The van der Waals surface area contributed by atoms with Crippen LogP contribution in [0.25, 0.3) is 27.9 Å². The maximum absolute atomic E-state index is 13.4. The van der Waals surface area contributed by atoms with E-state index in [0.29, 0.717) is 24.7 Å². The molecule has 6 rings (SSSR count). The molecule has 178 valence electrons. The lowest BCUT2D eigenvalue weighted by Crippen LogP contribution is -2.45. The van der Waals surface area contributed by atoms with E-state index in [1.807, 2.05) is 31.3 Å². The molecule has 0 radical (unpaired) electrons. The van der Waals surface area contributed by atoms with Gasteiger partial charge in [-0.15, -0.1) is 5.10 Å². The summed E-state index contributed by atoms with van der Waals surface area (Å²) < 4.78 is 30.9. The fourth-order valence-corrected chi connectivity index (χ4v) is 5.24. The van der Waals surface area contributed by atoms with Crippen molar-refractivity contribution in [2.24, 2.45) is 5.92 Å². The van der Waals surface area contributed by atoms with Crippen LogP contribution in [0.2, 0.25) is 0 Å². The van der Waals surface area contributed by atoms with Crippen molar-refractivity contribution >= 4 is 22.6 Å². The molecule has 4 aromatic heterocycles.